The highest BCUT2D eigenvalue weighted by Gasteiger charge is 2.02. The Morgan fingerprint density at radius 1 is 1.29 bits per heavy atom. The molecule has 0 unspecified atom stereocenters. The highest BCUT2D eigenvalue weighted by atomic mass is 14.9. The average molecular weight is 192 g/mol. The van der Waals surface area contributed by atoms with Crippen LogP contribution >= 0.6 is 0 Å². The van der Waals surface area contributed by atoms with Gasteiger partial charge in [0, 0.05) is 12.6 Å². The molecule has 0 spiro atoms. The number of benzene rings is 1. The zero-order valence-corrected chi connectivity index (χ0v) is 8.87. The fourth-order valence-electron chi connectivity index (χ4n) is 1.45. The number of hydrogen-bond donors (Lipinski definition) is 2. The molecule has 0 saturated heterocycles. The quantitative estimate of drug-likeness (QED) is 0.671. The molecule has 78 valence electrons. The van der Waals surface area contributed by atoms with E-state index in [1.165, 1.54) is 5.56 Å². The molecule has 0 heterocycles. The van der Waals surface area contributed by atoms with Gasteiger partial charge in [-0.1, -0.05) is 37.3 Å². The van der Waals surface area contributed by atoms with Crippen LogP contribution < -0.4 is 11.1 Å². The van der Waals surface area contributed by atoms with Gasteiger partial charge in [-0.3, -0.25) is 0 Å². The highest BCUT2D eigenvalue weighted by molar-refractivity contribution is 5.15. The lowest BCUT2D eigenvalue weighted by Crippen LogP contribution is -2.35. The summed E-state index contributed by atoms with van der Waals surface area (Å²) in [4.78, 5) is 0. The van der Waals surface area contributed by atoms with Crippen molar-refractivity contribution in [2.45, 2.75) is 25.8 Å². The smallest absolute Gasteiger partial charge is 0.0206 e. The summed E-state index contributed by atoms with van der Waals surface area (Å²) in [6, 6.07) is 10.6. The van der Waals surface area contributed by atoms with Crippen LogP contribution in [-0.4, -0.2) is 19.1 Å². The van der Waals surface area contributed by atoms with E-state index < -0.39 is 0 Å². The molecule has 2 heteroatoms. The molecule has 3 N–H and O–H groups in total. The maximum absolute atomic E-state index is 5.98. The monoisotopic (exact) mass is 192 g/mol. The number of rotatable bonds is 6. The number of nitrogens with two attached hydrogens (primary N) is 1. The molecule has 1 rings (SSSR count). The second-order valence-electron chi connectivity index (χ2n) is 3.65. The Bertz CT molecular complexity index is 233. The highest BCUT2D eigenvalue weighted by Crippen LogP contribution is 2.00. The molecule has 0 fully saturated rings. The first kappa shape index (κ1) is 11.2. The van der Waals surface area contributed by atoms with E-state index in [0.29, 0.717) is 0 Å². The van der Waals surface area contributed by atoms with E-state index in [2.05, 4.69) is 36.5 Å². The van der Waals surface area contributed by atoms with Crippen LogP contribution in [0.3, 0.4) is 0 Å². The predicted molar refractivity (Wildman–Crippen MR) is 61.3 cm³/mol. The van der Waals surface area contributed by atoms with Crippen LogP contribution in [0.1, 0.15) is 18.9 Å². The Morgan fingerprint density at radius 3 is 2.64 bits per heavy atom. The summed E-state index contributed by atoms with van der Waals surface area (Å²) < 4.78 is 0. The molecule has 0 aliphatic carbocycles. The molecule has 1 aromatic carbocycles. The molecule has 1 atom stereocenters. The van der Waals surface area contributed by atoms with Gasteiger partial charge in [0.2, 0.25) is 0 Å². The van der Waals surface area contributed by atoms with E-state index in [-0.39, 0.29) is 6.04 Å². The van der Waals surface area contributed by atoms with Gasteiger partial charge in [0.25, 0.3) is 0 Å². The van der Waals surface area contributed by atoms with Crippen LogP contribution in [0.4, 0.5) is 0 Å². The van der Waals surface area contributed by atoms with Gasteiger partial charge in [-0.15, -0.1) is 0 Å². The summed E-state index contributed by atoms with van der Waals surface area (Å²) in [7, 11) is 0. The van der Waals surface area contributed by atoms with Crippen LogP contribution in [0.25, 0.3) is 0 Å². The largest absolute Gasteiger partial charge is 0.326 e. The summed E-state index contributed by atoms with van der Waals surface area (Å²) in [6.07, 6.45) is 2.12. The molecule has 0 aromatic heterocycles. The van der Waals surface area contributed by atoms with Gasteiger partial charge in [-0.2, -0.15) is 0 Å². The van der Waals surface area contributed by atoms with E-state index in [9.17, 15) is 0 Å². The van der Waals surface area contributed by atoms with Crippen LogP contribution in [0.2, 0.25) is 0 Å². The first-order chi connectivity index (χ1) is 6.83. The summed E-state index contributed by atoms with van der Waals surface area (Å²) >= 11 is 0. The average Bonchev–Trinajstić information content (AvgIpc) is 2.20. The molecular formula is C12H20N2. The van der Waals surface area contributed by atoms with Crippen LogP contribution in [0, 0.1) is 0 Å². The third kappa shape index (κ3) is 4.40. The standard InChI is InChI=1S/C12H20N2/c1-2-8-14-10-12(13)9-11-6-4-3-5-7-11/h3-7,12,14H,2,8-10,13H2,1H3/t12-/m1/s1. The summed E-state index contributed by atoms with van der Waals surface area (Å²) in [5, 5.41) is 3.33. The van der Waals surface area contributed by atoms with E-state index in [4.69, 9.17) is 5.73 Å². The fraction of sp³-hybridized carbons (Fsp3) is 0.500. The van der Waals surface area contributed by atoms with Gasteiger partial charge in [0.1, 0.15) is 0 Å². The molecule has 2 nitrogen and oxygen atoms in total. The van der Waals surface area contributed by atoms with Crippen molar-refractivity contribution in [3.8, 4) is 0 Å². The van der Waals surface area contributed by atoms with Crippen LogP contribution in [0.15, 0.2) is 30.3 Å². The van der Waals surface area contributed by atoms with E-state index >= 15 is 0 Å². The number of nitrogens with one attached hydrogen (secondary N) is 1. The molecule has 0 radical (unpaired) electrons. The zero-order chi connectivity index (χ0) is 10.2. The number of hydrogen-bond acceptors (Lipinski definition) is 2. The minimum atomic E-state index is 0.226. The van der Waals surface area contributed by atoms with E-state index in [1.54, 1.807) is 0 Å². The Morgan fingerprint density at radius 2 is 2.00 bits per heavy atom. The van der Waals surface area contributed by atoms with Gasteiger partial charge >= 0.3 is 0 Å². The lowest BCUT2D eigenvalue weighted by atomic mass is 10.1. The van der Waals surface area contributed by atoms with Gasteiger partial charge in [-0.05, 0) is 24.9 Å². The Kier molecular flexibility index (Phi) is 5.27. The third-order valence-electron chi connectivity index (χ3n) is 2.17. The Balaban J connectivity index is 2.23. The summed E-state index contributed by atoms with van der Waals surface area (Å²) in [5.74, 6) is 0. The Hall–Kier alpha value is -0.860. The first-order valence-electron chi connectivity index (χ1n) is 5.33. The molecule has 1 aromatic rings. The summed E-state index contributed by atoms with van der Waals surface area (Å²) in [5.41, 5.74) is 7.30. The lowest BCUT2D eigenvalue weighted by Gasteiger charge is -2.12. The van der Waals surface area contributed by atoms with Gasteiger partial charge in [-0.25, -0.2) is 0 Å². The summed E-state index contributed by atoms with van der Waals surface area (Å²) in [6.45, 7) is 4.13. The normalized spacial score (nSPS) is 12.7. The first-order valence-corrected chi connectivity index (χ1v) is 5.33. The minimum absolute atomic E-state index is 0.226. The van der Waals surface area contributed by atoms with Crippen molar-refractivity contribution in [1.82, 2.24) is 5.32 Å². The topological polar surface area (TPSA) is 38.0 Å². The van der Waals surface area contributed by atoms with Crippen molar-refractivity contribution in [1.29, 1.82) is 0 Å². The van der Waals surface area contributed by atoms with Crippen molar-refractivity contribution in [2.24, 2.45) is 5.73 Å². The zero-order valence-electron chi connectivity index (χ0n) is 8.87. The molecule has 0 aliphatic heterocycles. The molecule has 0 bridgehead atoms. The van der Waals surface area contributed by atoms with Gasteiger partial charge in [0.15, 0.2) is 0 Å². The minimum Gasteiger partial charge on any atom is -0.326 e. The van der Waals surface area contributed by atoms with Crippen molar-refractivity contribution < 1.29 is 0 Å². The van der Waals surface area contributed by atoms with Crippen LogP contribution in [-0.2, 0) is 6.42 Å². The van der Waals surface area contributed by atoms with Crippen molar-refractivity contribution in [3.05, 3.63) is 35.9 Å². The van der Waals surface area contributed by atoms with Gasteiger partial charge in [0.05, 0.1) is 0 Å². The second-order valence-corrected chi connectivity index (χ2v) is 3.65. The van der Waals surface area contributed by atoms with Gasteiger partial charge < -0.3 is 11.1 Å². The van der Waals surface area contributed by atoms with Crippen LogP contribution in [0.5, 0.6) is 0 Å². The predicted octanol–water partition coefficient (Wildman–Crippen LogP) is 1.56. The molecule has 0 amide bonds. The van der Waals surface area contributed by atoms with E-state index in [1.807, 2.05) is 6.07 Å². The molecular weight excluding hydrogens is 172 g/mol. The molecule has 0 aliphatic rings. The van der Waals surface area contributed by atoms with Crippen molar-refractivity contribution in [2.75, 3.05) is 13.1 Å². The third-order valence-corrected chi connectivity index (χ3v) is 2.17. The second kappa shape index (κ2) is 6.57. The Labute approximate surface area is 86.5 Å². The maximum Gasteiger partial charge on any atom is 0.0206 e. The van der Waals surface area contributed by atoms with Crippen molar-refractivity contribution >= 4 is 0 Å². The van der Waals surface area contributed by atoms with E-state index in [0.717, 1.165) is 25.9 Å². The SMILES string of the molecule is CCCNC[C@H](N)Cc1ccccc1. The lowest BCUT2D eigenvalue weighted by molar-refractivity contribution is 0.570. The molecule has 14 heavy (non-hydrogen) atoms. The van der Waals surface area contributed by atoms with Crippen molar-refractivity contribution in [3.63, 3.8) is 0 Å². The molecule has 0 saturated carbocycles. The maximum atomic E-state index is 5.98. The fourth-order valence-corrected chi connectivity index (χ4v) is 1.45.